The number of alkyl halides is 1. The molecule has 0 saturated carbocycles. The molecule has 8 N–H and O–H groups in total. The van der Waals surface area contributed by atoms with E-state index in [-0.39, 0.29) is 40.7 Å². The van der Waals surface area contributed by atoms with Gasteiger partial charge in [-0.25, -0.2) is 18.8 Å². The maximum absolute atomic E-state index is 15.4. The number of hydrogen-bond acceptors (Lipinski definition) is 13. The summed E-state index contributed by atoms with van der Waals surface area (Å²) in [6.07, 6.45) is -1.53. The number of terminal acetylenes is 1. The largest absolute Gasteiger partial charge is 0.394 e. The number of nitrogen functional groups attached to an aromatic ring is 1. The number of nitrogens with zero attached hydrogens (tertiary/aromatic N) is 6. The van der Waals surface area contributed by atoms with E-state index >= 15 is 4.39 Å². The zero-order chi connectivity index (χ0) is 32.8. The first-order chi connectivity index (χ1) is 21.3. The van der Waals surface area contributed by atoms with Crippen molar-refractivity contribution in [2.45, 2.75) is 49.0 Å². The van der Waals surface area contributed by atoms with E-state index in [1.807, 2.05) is 0 Å². The predicted molar refractivity (Wildman–Crippen MR) is 158 cm³/mol. The molecule has 0 bridgehead atoms. The quantitative estimate of drug-likeness (QED) is 0.0691. The van der Waals surface area contributed by atoms with Gasteiger partial charge in [-0.1, -0.05) is 5.92 Å². The Morgan fingerprint density at radius 2 is 2.22 bits per heavy atom. The number of nitrogens with one attached hydrogen (secondary N) is 1. The van der Waals surface area contributed by atoms with Crippen LogP contribution in [0, 0.1) is 18.2 Å². The Morgan fingerprint density at radius 1 is 1.49 bits per heavy atom. The highest BCUT2D eigenvalue weighted by atomic mass is 32.5. The third kappa shape index (κ3) is 5.78. The summed E-state index contributed by atoms with van der Waals surface area (Å²) in [6, 6.07) is 0. The van der Waals surface area contributed by atoms with Crippen LogP contribution in [0.15, 0.2) is 27.3 Å². The Bertz CT molecular complexity index is 1810. The number of halogens is 2. The van der Waals surface area contributed by atoms with Crippen molar-refractivity contribution in [1.82, 2.24) is 24.1 Å². The first-order valence-electron chi connectivity index (χ1n) is 13.0. The molecule has 2 aliphatic rings. The summed E-state index contributed by atoms with van der Waals surface area (Å²) in [5, 5.41) is 20.6. The van der Waals surface area contributed by atoms with Gasteiger partial charge in [0.05, 0.1) is 25.1 Å². The maximum atomic E-state index is 15.4. The fraction of sp³-hybridized carbons (Fsp3) is 0.458. The van der Waals surface area contributed by atoms with Crippen LogP contribution in [0.3, 0.4) is 0 Å². The van der Waals surface area contributed by atoms with E-state index in [2.05, 4.69) is 37.6 Å². The molecule has 2 aliphatic heterocycles. The summed E-state index contributed by atoms with van der Waals surface area (Å²) in [5.74, 6) is 1.04. The maximum Gasteiger partial charge on any atom is 0.325 e. The minimum absolute atomic E-state index is 0.0397. The van der Waals surface area contributed by atoms with Crippen molar-refractivity contribution in [3.63, 3.8) is 0 Å². The van der Waals surface area contributed by atoms with E-state index in [0.29, 0.717) is 0 Å². The number of aromatic amines is 1. The van der Waals surface area contributed by atoms with Gasteiger partial charge in [-0.05, 0) is 18.5 Å². The number of H-pyrrole nitrogens is 1. The molecular formula is C24H28F2N9O8PS. The number of rotatable bonds is 10. The summed E-state index contributed by atoms with van der Waals surface area (Å²) >= 11 is 5.13. The van der Waals surface area contributed by atoms with E-state index < -0.39 is 73.8 Å². The number of aliphatic imine (C=N–C) groups is 2. The number of imidazole rings is 1. The molecular weight excluding hydrogens is 643 g/mol. The molecule has 2 fully saturated rings. The summed E-state index contributed by atoms with van der Waals surface area (Å²) in [7, 11) is 1.36. The lowest BCUT2D eigenvalue weighted by atomic mass is 9.99. The lowest BCUT2D eigenvalue weighted by Crippen LogP contribution is -2.42. The average molecular weight is 672 g/mol. The summed E-state index contributed by atoms with van der Waals surface area (Å²) in [4.78, 5) is 41.0. The second kappa shape index (κ2) is 12.3. The molecule has 45 heavy (non-hydrogen) atoms. The molecule has 0 radical (unpaired) electrons. The van der Waals surface area contributed by atoms with Crippen LogP contribution >= 0.6 is 6.72 Å². The number of ether oxygens (including phenoxy) is 2. The van der Waals surface area contributed by atoms with Gasteiger partial charge in [-0.3, -0.25) is 23.9 Å². The van der Waals surface area contributed by atoms with Crippen molar-refractivity contribution in [1.29, 1.82) is 0 Å². The number of amidine groups is 1. The molecule has 0 amide bonds. The molecule has 17 nitrogen and oxygen atoms in total. The molecule has 8 atom stereocenters. The number of aliphatic hydroxyl groups is 2. The van der Waals surface area contributed by atoms with E-state index in [9.17, 15) is 24.3 Å². The number of nitrogens with two attached hydrogens (primary N) is 2. The van der Waals surface area contributed by atoms with Crippen LogP contribution in [0.1, 0.15) is 24.4 Å². The third-order valence-corrected chi connectivity index (χ3v) is 8.88. The monoisotopic (exact) mass is 671 g/mol. The van der Waals surface area contributed by atoms with Crippen LogP contribution in [0.5, 0.6) is 0 Å². The van der Waals surface area contributed by atoms with Gasteiger partial charge >= 0.3 is 6.72 Å². The highest BCUT2D eigenvalue weighted by Gasteiger charge is 2.52. The smallest absolute Gasteiger partial charge is 0.325 e. The van der Waals surface area contributed by atoms with E-state index in [1.54, 1.807) is 0 Å². The second-order valence-electron chi connectivity index (χ2n) is 9.99. The Labute approximate surface area is 257 Å². The van der Waals surface area contributed by atoms with Gasteiger partial charge in [0, 0.05) is 19.7 Å². The average Bonchev–Trinajstić information content (AvgIpc) is 3.74. The predicted octanol–water partition coefficient (Wildman–Crippen LogP) is -0.492. The van der Waals surface area contributed by atoms with Crippen LogP contribution in [0.4, 0.5) is 20.5 Å². The van der Waals surface area contributed by atoms with E-state index in [4.69, 9.17) is 48.2 Å². The zero-order valence-electron chi connectivity index (χ0n) is 23.4. The van der Waals surface area contributed by atoms with Crippen LogP contribution < -0.4 is 17.0 Å². The standard InChI is InChI=1S/C24H28F2N9O8PS/c1-4-24(12(37)5-13(42-24)34-6-10(25)14(18(27)29-2)19(34)30-3)8-40-44(39,45)43-17-15(26)11(7-36)41-22(17)35-9-31-16-20(35)32-23(28)33-21(16)38/h1,6,9,11-13,15,17,22,36-37H,3,5,7-8H2,2H3,(H2,27,29)(H,39,45)(H3,28,32,33,38)/t11-,12+,13-,15-,17-,22-,24-,44?/m1/s1. The van der Waals surface area contributed by atoms with Gasteiger partial charge in [0.2, 0.25) is 5.95 Å². The summed E-state index contributed by atoms with van der Waals surface area (Å²) in [5.41, 5.74) is 8.43. The minimum Gasteiger partial charge on any atom is -0.394 e. The van der Waals surface area contributed by atoms with E-state index in [1.165, 1.54) is 11.6 Å². The molecule has 0 aromatic carbocycles. The molecule has 3 aromatic rings. The normalized spacial score (nSPS) is 30.0. The first kappa shape index (κ1) is 32.7. The summed E-state index contributed by atoms with van der Waals surface area (Å²) in [6.45, 7) is -2.52. The fourth-order valence-electron chi connectivity index (χ4n) is 5.11. The zero-order valence-corrected chi connectivity index (χ0v) is 25.1. The van der Waals surface area contributed by atoms with E-state index in [0.717, 1.165) is 17.1 Å². The van der Waals surface area contributed by atoms with Crippen molar-refractivity contribution < 1.29 is 42.4 Å². The van der Waals surface area contributed by atoms with Gasteiger partial charge < -0.3 is 45.1 Å². The highest BCUT2D eigenvalue weighted by molar-refractivity contribution is 8.07. The molecule has 3 aromatic heterocycles. The number of aromatic nitrogens is 5. The molecule has 0 spiro atoms. The molecule has 0 aliphatic carbocycles. The van der Waals surface area contributed by atoms with Crippen LogP contribution in [0.2, 0.25) is 0 Å². The summed E-state index contributed by atoms with van der Waals surface area (Å²) < 4.78 is 55.0. The van der Waals surface area contributed by atoms with Crippen molar-refractivity contribution >= 4 is 54.0 Å². The van der Waals surface area contributed by atoms with Crippen LogP contribution in [0.25, 0.3) is 11.2 Å². The van der Waals surface area contributed by atoms with Gasteiger partial charge in [0.15, 0.2) is 35.0 Å². The second-order valence-corrected chi connectivity index (χ2v) is 12.8. The fourth-order valence-corrected chi connectivity index (χ4v) is 6.51. The molecule has 5 rings (SSSR count). The topological polar surface area (TPSA) is 243 Å². The van der Waals surface area contributed by atoms with Crippen molar-refractivity contribution in [2.24, 2.45) is 15.7 Å². The Balaban J connectivity index is 1.37. The first-order valence-corrected chi connectivity index (χ1v) is 15.6. The van der Waals surface area contributed by atoms with Crippen molar-refractivity contribution in [2.75, 3.05) is 26.0 Å². The number of hydrogen-bond donors (Lipinski definition) is 6. The van der Waals surface area contributed by atoms with Gasteiger partial charge in [-0.2, -0.15) is 4.98 Å². The van der Waals surface area contributed by atoms with Gasteiger partial charge in [-0.15, -0.1) is 6.42 Å². The van der Waals surface area contributed by atoms with Crippen molar-refractivity contribution in [3.05, 3.63) is 34.3 Å². The molecule has 2 saturated heterocycles. The lowest BCUT2D eigenvalue weighted by molar-refractivity contribution is -0.0894. The van der Waals surface area contributed by atoms with Crippen molar-refractivity contribution in [3.8, 4) is 12.3 Å². The minimum atomic E-state index is -4.43. The molecule has 242 valence electrons. The SMILES string of the molecule is C#C[C@]1(COP(O)(=S)O[C@@H]2[C@H](F)[C@@H](CO)O[C@H]2n2cnc3c(=O)[nH]c(N)nc32)O[C@@H](n2cc(F)c(/C(N)=N\C)c2N=C)C[C@@H]1O. The Hall–Kier alpha value is -3.64. The third-order valence-electron chi connectivity index (χ3n) is 7.34. The number of fused-ring (bicyclic) bond motifs is 1. The molecule has 5 heterocycles. The van der Waals surface area contributed by atoms with Crippen LogP contribution in [-0.2, 0) is 30.3 Å². The Kier molecular flexibility index (Phi) is 8.93. The lowest BCUT2D eigenvalue weighted by Gasteiger charge is -2.30. The van der Waals surface area contributed by atoms with Gasteiger partial charge in [0.25, 0.3) is 5.56 Å². The van der Waals surface area contributed by atoms with Crippen LogP contribution in [-0.4, -0.2) is 102 Å². The number of anilines is 1. The highest BCUT2D eigenvalue weighted by Crippen LogP contribution is 2.52. The number of aliphatic hydroxyl groups excluding tert-OH is 2. The Morgan fingerprint density at radius 3 is 2.87 bits per heavy atom. The van der Waals surface area contributed by atoms with Gasteiger partial charge in [0.1, 0.15) is 36.2 Å². The molecule has 1 unspecified atom stereocenters. The molecule has 21 heteroatoms.